The third-order valence-electron chi connectivity index (χ3n) is 3.25. The van der Waals surface area contributed by atoms with Gasteiger partial charge in [-0.1, -0.05) is 0 Å². The lowest BCUT2D eigenvalue weighted by Crippen LogP contribution is -2.50. The number of rotatable bonds is 4. The van der Waals surface area contributed by atoms with Crippen LogP contribution in [0.2, 0.25) is 0 Å². The summed E-state index contributed by atoms with van der Waals surface area (Å²) in [6, 6.07) is -0.206. The molecule has 0 spiro atoms. The normalized spacial score (nSPS) is 25.8. The van der Waals surface area contributed by atoms with Gasteiger partial charge in [0.1, 0.15) is 11.9 Å². The number of carbonyl (C=O) groups excluding carboxylic acids is 3. The van der Waals surface area contributed by atoms with Crippen molar-refractivity contribution < 1.29 is 23.5 Å². The first-order valence-electron chi connectivity index (χ1n) is 7.07. The molecule has 7 heteroatoms. The second-order valence-corrected chi connectivity index (χ2v) is 6.26. The van der Waals surface area contributed by atoms with Crippen molar-refractivity contribution in [2.75, 3.05) is 6.54 Å². The Labute approximate surface area is 123 Å². The topological polar surface area (TPSA) is 84.5 Å². The molecular weight excluding hydrogens is 279 g/mol. The van der Waals surface area contributed by atoms with Gasteiger partial charge in [0.15, 0.2) is 5.67 Å². The van der Waals surface area contributed by atoms with Gasteiger partial charge in [-0.15, -0.1) is 0 Å². The van der Waals surface area contributed by atoms with Crippen LogP contribution in [0, 0.1) is 0 Å². The summed E-state index contributed by atoms with van der Waals surface area (Å²) in [6.45, 7) is 5.09. The van der Waals surface area contributed by atoms with Crippen LogP contribution in [0.25, 0.3) is 0 Å². The standard InChI is InChI=1S/C14H23FN2O4/c1-13(2,3)21-12(20)17-10-4-6-14(15,7-5-10)11(19)16-8-9-18/h9-10H,4-8H2,1-3H3,(H,16,19)(H,17,20). The minimum absolute atomic E-state index is 0.0121. The van der Waals surface area contributed by atoms with Gasteiger partial charge in [-0.3, -0.25) is 4.79 Å². The molecule has 1 rings (SSSR count). The Morgan fingerprint density at radius 1 is 1.33 bits per heavy atom. The van der Waals surface area contributed by atoms with Crippen molar-refractivity contribution in [3.63, 3.8) is 0 Å². The van der Waals surface area contributed by atoms with Gasteiger partial charge < -0.3 is 20.2 Å². The highest BCUT2D eigenvalue weighted by molar-refractivity contribution is 5.86. The molecule has 0 bridgehead atoms. The van der Waals surface area contributed by atoms with Crippen LogP contribution in [0.5, 0.6) is 0 Å². The number of hydrogen-bond acceptors (Lipinski definition) is 4. The Kier molecular flexibility index (Phi) is 5.69. The summed E-state index contributed by atoms with van der Waals surface area (Å²) in [4.78, 5) is 33.4. The number of alkyl halides is 1. The first-order valence-corrected chi connectivity index (χ1v) is 7.07. The van der Waals surface area contributed by atoms with E-state index in [-0.39, 0.29) is 25.4 Å². The highest BCUT2D eigenvalue weighted by Crippen LogP contribution is 2.32. The fourth-order valence-corrected chi connectivity index (χ4v) is 2.21. The highest BCUT2D eigenvalue weighted by Gasteiger charge is 2.42. The molecule has 120 valence electrons. The molecule has 1 fully saturated rings. The fraction of sp³-hybridized carbons (Fsp3) is 0.786. The summed E-state index contributed by atoms with van der Waals surface area (Å²) in [5.74, 6) is -0.759. The molecule has 2 N–H and O–H groups in total. The van der Waals surface area contributed by atoms with E-state index in [0.29, 0.717) is 19.1 Å². The monoisotopic (exact) mass is 302 g/mol. The van der Waals surface area contributed by atoms with E-state index >= 15 is 0 Å². The number of amides is 2. The van der Waals surface area contributed by atoms with Gasteiger partial charge in [-0.05, 0) is 46.5 Å². The molecule has 2 amide bonds. The van der Waals surface area contributed by atoms with Crippen molar-refractivity contribution in [1.82, 2.24) is 10.6 Å². The Bertz CT molecular complexity index is 398. The lowest BCUT2D eigenvalue weighted by molar-refractivity contribution is -0.135. The van der Waals surface area contributed by atoms with Crippen molar-refractivity contribution in [3.05, 3.63) is 0 Å². The van der Waals surface area contributed by atoms with E-state index < -0.39 is 23.3 Å². The maximum atomic E-state index is 14.4. The van der Waals surface area contributed by atoms with Crippen molar-refractivity contribution in [1.29, 1.82) is 0 Å². The van der Waals surface area contributed by atoms with E-state index in [1.165, 1.54) is 0 Å². The van der Waals surface area contributed by atoms with E-state index in [9.17, 15) is 18.8 Å². The van der Waals surface area contributed by atoms with Crippen molar-refractivity contribution in [3.8, 4) is 0 Å². The largest absolute Gasteiger partial charge is 0.444 e. The Balaban J connectivity index is 2.43. The van der Waals surface area contributed by atoms with Crippen LogP contribution in [-0.2, 0) is 14.3 Å². The third-order valence-corrected chi connectivity index (χ3v) is 3.25. The Morgan fingerprint density at radius 3 is 2.38 bits per heavy atom. The molecule has 1 aliphatic rings. The van der Waals surface area contributed by atoms with Crippen molar-refractivity contribution in [2.24, 2.45) is 0 Å². The van der Waals surface area contributed by atoms with Crippen LogP contribution in [-0.4, -0.2) is 42.1 Å². The van der Waals surface area contributed by atoms with Crippen molar-refractivity contribution in [2.45, 2.75) is 63.8 Å². The molecule has 0 atom stereocenters. The number of nitrogens with one attached hydrogen (secondary N) is 2. The number of ether oxygens (including phenoxy) is 1. The summed E-state index contributed by atoms with van der Waals surface area (Å²) >= 11 is 0. The molecule has 0 saturated heterocycles. The Hall–Kier alpha value is -1.66. The third kappa shape index (κ3) is 5.69. The molecule has 1 saturated carbocycles. The van der Waals surface area contributed by atoms with Crippen LogP contribution >= 0.6 is 0 Å². The van der Waals surface area contributed by atoms with Gasteiger partial charge in [0.25, 0.3) is 5.91 Å². The minimum Gasteiger partial charge on any atom is -0.444 e. The fourth-order valence-electron chi connectivity index (χ4n) is 2.21. The van der Waals surface area contributed by atoms with Crippen molar-refractivity contribution >= 4 is 18.3 Å². The first-order chi connectivity index (χ1) is 9.66. The molecule has 21 heavy (non-hydrogen) atoms. The average molecular weight is 302 g/mol. The number of hydrogen-bond donors (Lipinski definition) is 2. The quantitative estimate of drug-likeness (QED) is 0.770. The van der Waals surface area contributed by atoms with E-state index in [1.807, 2.05) is 0 Å². The second kappa shape index (κ2) is 6.87. The number of halogens is 1. The maximum Gasteiger partial charge on any atom is 0.407 e. The van der Waals surface area contributed by atoms with Gasteiger partial charge in [-0.25, -0.2) is 9.18 Å². The predicted octanol–water partition coefficient (Wildman–Crippen LogP) is 1.48. The van der Waals surface area contributed by atoms with Crippen LogP contribution in [0.1, 0.15) is 46.5 Å². The molecule has 0 aliphatic heterocycles. The molecule has 0 unspecified atom stereocenters. The molecule has 0 aromatic rings. The lowest BCUT2D eigenvalue weighted by atomic mass is 9.83. The Morgan fingerprint density at radius 2 is 1.90 bits per heavy atom. The molecule has 0 radical (unpaired) electrons. The van der Waals surface area contributed by atoms with Crippen LogP contribution in [0.15, 0.2) is 0 Å². The molecule has 1 aliphatic carbocycles. The van der Waals surface area contributed by atoms with Gasteiger partial charge >= 0.3 is 6.09 Å². The zero-order valence-electron chi connectivity index (χ0n) is 12.7. The zero-order chi connectivity index (χ0) is 16.1. The summed E-state index contributed by atoms with van der Waals surface area (Å²) in [7, 11) is 0. The first kappa shape index (κ1) is 17.4. The second-order valence-electron chi connectivity index (χ2n) is 6.26. The van der Waals surface area contributed by atoms with Crippen LogP contribution in [0.3, 0.4) is 0 Å². The zero-order valence-corrected chi connectivity index (χ0v) is 12.7. The SMILES string of the molecule is CC(C)(C)OC(=O)NC1CCC(F)(C(=O)NCC=O)CC1. The molecule has 6 nitrogen and oxygen atoms in total. The smallest absolute Gasteiger partial charge is 0.407 e. The van der Waals surface area contributed by atoms with E-state index in [0.717, 1.165) is 0 Å². The lowest BCUT2D eigenvalue weighted by Gasteiger charge is -2.33. The maximum absolute atomic E-state index is 14.4. The molecule has 0 heterocycles. The molecule has 0 aromatic carbocycles. The molecular formula is C14H23FN2O4. The summed E-state index contributed by atoms with van der Waals surface area (Å²) in [6.07, 6.45) is 0.700. The minimum atomic E-state index is -1.96. The van der Waals surface area contributed by atoms with E-state index in [2.05, 4.69) is 10.6 Å². The van der Waals surface area contributed by atoms with Gasteiger partial charge in [0, 0.05) is 6.04 Å². The predicted molar refractivity (Wildman–Crippen MR) is 74.5 cm³/mol. The van der Waals surface area contributed by atoms with Crippen LogP contribution in [0.4, 0.5) is 9.18 Å². The van der Waals surface area contributed by atoms with Gasteiger partial charge in [0.05, 0.1) is 6.54 Å². The number of carbonyl (C=O) groups is 3. The average Bonchev–Trinajstić information content (AvgIpc) is 2.36. The van der Waals surface area contributed by atoms with Gasteiger partial charge in [0.2, 0.25) is 0 Å². The summed E-state index contributed by atoms with van der Waals surface area (Å²) in [5, 5.41) is 4.91. The number of aldehydes is 1. The molecule has 0 aromatic heterocycles. The number of alkyl carbamates (subject to hydrolysis) is 1. The summed E-state index contributed by atoms with van der Waals surface area (Å²) < 4.78 is 19.5. The highest BCUT2D eigenvalue weighted by atomic mass is 19.1. The van der Waals surface area contributed by atoms with E-state index in [4.69, 9.17) is 4.74 Å². The van der Waals surface area contributed by atoms with Crippen LogP contribution < -0.4 is 10.6 Å². The summed E-state index contributed by atoms with van der Waals surface area (Å²) in [5.41, 5.74) is -2.55. The van der Waals surface area contributed by atoms with E-state index in [1.54, 1.807) is 20.8 Å². The van der Waals surface area contributed by atoms with Gasteiger partial charge in [-0.2, -0.15) is 0 Å².